The third-order valence-electron chi connectivity index (χ3n) is 2.10. The third-order valence-corrected chi connectivity index (χ3v) is 2.10. The average Bonchev–Trinajstić information content (AvgIpc) is 2.12. The zero-order chi connectivity index (χ0) is 11.4. The van der Waals surface area contributed by atoms with Crippen LogP contribution in [0.2, 0.25) is 0 Å². The first-order valence-corrected chi connectivity index (χ1v) is 4.84. The molecule has 5 heteroatoms. The van der Waals surface area contributed by atoms with Gasteiger partial charge < -0.3 is 14.7 Å². The predicted molar refractivity (Wildman–Crippen MR) is 53.4 cm³/mol. The van der Waals surface area contributed by atoms with Gasteiger partial charge >= 0.3 is 5.97 Å². The molecule has 0 saturated carbocycles. The van der Waals surface area contributed by atoms with E-state index >= 15 is 0 Å². The molecule has 0 aromatic rings. The molecule has 1 aliphatic rings. The van der Waals surface area contributed by atoms with Crippen molar-refractivity contribution in [2.24, 2.45) is 0 Å². The van der Waals surface area contributed by atoms with Crippen LogP contribution in [0.3, 0.4) is 0 Å². The van der Waals surface area contributed by atoms with Gasteiger partial charge in [0.2, 0.25) is 5.91 Å². The number of carbonyl (C=O) groups excluding carboxylic acids is 1. The van der Waals surface area contributed by atoms with Gasteiger partial charge in [0.1, 0.15) is 0 Å². The Labute approximate surface area is 88.3 Å². The second kappa shape index (κ2) is 4.93. The number of hydrogen-bond acceptors (Lipinski definition) is 3. The van der Waals surface area contributed by atoms with E-state index in [2.05, 4.69) is 0 Å². The van der Waals surface area contributed by atoms with Gasteiger partial charge in [-0.15, -0.1) is 0 Å². The Morgan fingerprint density at radius 3 is 2.27 bits per heavy atom. The molecular weight excluding hydrogens is 198 g/mol. The standard InChI is InChI=1S/C10H15NO4/c1-7-5-11(6-8(2)15-7)9(12)3-4-10(13)14/h3-4,7-8H,5-6H2,1-2H3,(H,13,14)/b4-3+/t7-,8+. The maximum Gasteiger partial charge on any atom is 0.328 e. The summed E-state index contributed by atoms with van der Waals surface area (Å²) in [5, 5.41) is 8.38. The van der Waals surface area contributed by atoms with Gasteiger partial charge in [0.25, 0.3) is 0 Å². The lowest BCUT2D eigenvalue weighted by Crippen LogP contribution is -2.47. The van der Waals surface area contributed by atoms with Gasteiger partial charge in [-0.1, -0.05) is 0 Å². The molecule has 1 saturated heterocycles. The SMILES string of the molecule is C[C@@H]1CN(C(=O)/C=C/C(=O)O)C[C@H](C)O1. The number of carbonyl (C=O) groups is 2. The van der Waals surface area contributed by atoms with Crippen molar-refractivity contribution in [3.8, 4) is 0 Å². The summed E-state index contributed by atoms with van der Waals surface area (Å²) in [7, 11) is 0. The molecule has 0 unspecified atom stereocenters. The minimum Gasteiger partial charge on any atom is -0.478 e. The first-order chi connectivity index (χ1) is 6.99. The number of rotatable bonds is 2. The zero-order valence-electron chi connectivity index (χ0n) is 8.84. The maximum atomic E-state index is 11.5. The van der Waals surface area contributed by atoms with E-state index in [1.54, 1.807) is 4.90 Å². The fourth-order valence-electron chi connectivity index (χ4n) is 1.61. The number of ether oxygens (including phenoxy) is 1. The van der Waals surface area contributed by atoms with Crippen LogP contribution in [0.5, 0.6) is 0 Å². The summed E-state index contributed by atoms with van der Waals surface area (Å²) in [6.45, 7) is 4.79. The molecule has 1 amide bonds. The first-order valence-electron chi connectivity index (χ1n) is 4.84. The molecule has 2 atom stereocenters. The molecule has 5 nitrogen and oxygen atoms in total. The van der Waals surface area contributed by atoms with E-state index in [9.17, 15) is 9.59 Å². The van der Waals surface area contributed by atoms with Gasteiger partial charge in [-0.2, -0.15) is 0 Å². The normalized spacial score (nSPS) is 26.9. The Balaban J connectivity index is 2.55. The summed E-state index contributed by atoms with van der Waals surface area (Å²) in [5.74, 6) is -1.39. The molecule has 84 valence electrons. The van der Waals surface area contributed by atoms with Gasteiger partial charge in [0.05, 0.1) is 12.2 Å². The summed E-state index contributed by atoms with van der Waals surface area (Å²) in [4.78, 5) is 23.3. The number of hydrogen-bond donors (Lipinski definition) is 1. The van der Waals surface area contributed by atoms with Crippen LogP contribution < -0.4 is 0 Å². The van der Waals surface area contributed by atoms with Gasteiger partial charge in [-0.25, -0.2) is 4.79 Å². The Morgan fingerprint density at radius 1 is 1.27 bits per heavy atom. The Hall–Kier alpha value is -1.36. The van der Waals surface area contributed by atoms with Crippen molar-refractivity contribution in [2.75, 3.05) is 13.1 Å². The van der Waals surface area contributed by atoms with E-state index in [-0.39, 0.29) is 18.1 Å². The van der Waals surface area contributed by atoms with Crippen molar-refractivity contribution in [1.29, 1.82) is 0 Å². The van der Waals surface area contributed by atoms with Crippen molar-refractivity contribution in [1.82, 2.24) is 4.90 Å². The van der Waals surface area contributed by atoms with Gasteiger partial charge in [0.15, 0.2) is 0 Å². The van der Waals surface area contributed by atoms with Gasteiger partial charge in [-0.3, -0.25) is 4.79 Å². The van der Waals surface area contributed by atoms with Crippen LogP contribution >= 0.6 is 0 Å². The predicted octanol–water partition coefficient (Wildman–Crippen LogP) is 0.263. The molecule has 0 aromatic heterocycles. The molecule has 1 rings (SSSR count). The minimum absolute atomic E-state index is 0.00377. The second-order valence-electron chi connectivity index (χ2n) is 3.67. The zero-order valence-corrected chi connectivity index (χ0v) is 8.84. The Bertz CT molecular complexity index is 277. The summed E-state index contributed by atoms with van der Waals surface area (Å²) in [5.41, 5.74) is 0. The Kier molecular flexibility index (Phi) is 3.85. The monoisotopic (exact) mass is 213 g/mol. The lowest BCUT2D eigenvalue weighted by Gasteiger charge is -2.34. The van der Waals surface area contributed by atoms with Crippen LogP contribution in [-0.4, -0.2) is 47.2 Å². The number of nitrogens with zero attached hydrogens (tertiary/aromatic N) is 1. The highest BCUT2D eigenvalue weighted by atomic mass is 16.5. The van der Waals surface area contributed by atoms with Crippen molar-refractivity contribution >= 4 is 11.9 Å². The van der Waals surface area contributed by atoms with E-state index in [0.717, 1.165) is 12.2 Å². The molecule has 0 bridgehead atoms. The summed E-state index contributed by atoms with van der Waals surface area (Å²) >= 11 is 0. The number of aliphatic carboxylic acids is 1. The van der Waals surface area contributed by atoms with Gasteiger partial charge in [0, 0.05) is 25.2 Å². The topological polar surface area (TPSA) is 66.8 Å². The quantitative estimate of drug-likeness (QED) is 0.668. The number of carboxylic acid groups (broad SMARTS) is 1. The molecule has 1 fully saturated rings. The van der Waals surface area contributed by atoms with Crippen molar-refractivity contribution in [3.63, 3.8) is 0 Å². The van der Waals surface area contributed by atoms with Crippen LogP contribution in [0.25, 0.3) is 0 Å². The van der Waals surface area contributed by atoms with E-state index in [1.807, 2.05) is 13.8 Å². The maximum absolute atomic E-state index is 11.5. The molecule has 15 heavy (non-hydrogen) atoms. The summed E-state index contributed by atoms with van der Waals surface area (Å²) < 4.78 is 5.46. The van der Waals surface area contributed by atoms with Crippen molar-refractivity contribution < 1.29 is 19.4 Å². The van der Waals surface area contributed by atoms with E-state index in [1.165, 1.54) is 0 Å². The fraction of sp³-hybridized carbons (Fsp3) is 0.600. The molecule has 0 aromatic carbocycles. The second-order valence-corrected chi connectivity index (χ2v) is 3.67. The lowest BCUT2D eigenvalue weighted by molar-refractivity contribution is -0.138. The lowest BCUT2D eigenvalue weighted by atomic mass is 10.2. The molecule has 0 spiro atoms. The van der Waals surface area contributed by atoms with Crippen molar-refractivity contribution in [3.05, 3.63) is 12.2 Å². The van der Waals surface area contributed by atoms with Crippen LogP contribution in [0, 0.1) is 0 Å². The van der Waals surface area contributed by atoms with E-state index < -0.39 is 5.97 Å². The number of amides is 1. The third kappa shape index (κ3) is 3.71. The van der Waals surface area contributed by atoms with Crippen LogP contribution in [-0.2, 0) is 14.3 Å². The molecule has 1 heterocycles. The van der Waals surface area contributed by atoms with E-state index in [0.29, 0.717) is 13.1 Å². The summed E-state index contributed by atoms with van der Waals surface area (Å²) in [6.07, 6.45) is 1.92. The van der Waals surface area contributed by atoms with Crippen molar-refractivity contribution in [2.45, 2.75) is 26.1 Å². The molecule has 0 aliphatic carbocycles. The average molecular weight is 213 g/mol. The highest BCUT2D eigenvalue weighted by Gasteiger charge is 2.24. The summed E-state index contributed by atoms with van der Waals surface area (Å²) in [6, 6.07) is 0. The van der Waals surface area contributed by atoms with Crippen LogP contribution in [0.4, 0.5) is 0 Å². The molecule has 0 radical (unpaired) electrons. The number of morpholine rings is 1. The Morgan fingerprint density at radius 2 is 1.80 bits per heavy atom. The first kappa shape index (κ1) is 11.7. The minimum atomic E-state index is -1.11. The highest BCUT2D eigenvalue weighted by molar-refractivity contribution is 5.93. The highest BCUT2D eigenvalue weighted by Crippen LogP contribution is 2.10. The van der Waals surface area contributed by atoms with E-state index in [4.69, 9.17) is 9.84 Å². The fourth-order valence-corrected chi connectivity index (χ4v) is 1.61. The van der Waals surface area contributed by atoms with Crippen LogP contribution in [0.1, 0.15) is 13.8 Å². The molecule has 1 N–H and O–H groups in total. The smallest absolute Gasteiger partial charge is 0.328 e. The molecular formula is C10H15NO4. The largest absolute Gasteiger partial charge is 0.478 e. The van der Waals surface area contributed by atoms with Crippen LogP contribution in [0.15, 0.2) is 12.2 Å². The van der Waals surface area contributed by atoms with Gasteiger partial charge in [-0.05, 0) is 13.8 Å². The molecule has 1 aliphatic heterocycles. The number of carboxylic acids is 1.